The van der Waals surface area contributed by atoms with E-state index in [0.29, 0.717) is 29.9 Å². The van der Waals surface area contributed by atoms with Crippen molar-refractivity contribution in [3.8, 4) is 11.5 Å². The number of carbonyl (C=O) groups is 1. The van der Waals surface area contributed by atoms with E-state index in [4.69, 9.17) is 19.3 Å². The first kappa shape index (κ1) is 22.0. The summed E-state index contributed by atoms with van der Waals surface area (Å²) in [5.41, 5.74) is 0.720. The van der Waals surface area contributed by atoms with Crippen molar-refractivity contribution in [2.45, 2.75) is 44.6 Å². The number of carboxylic acids is 1. The number of methoxy groups -OCH3 is 1. The zero-order chi connectivity index (χ0) is 21.9. The van der Waals surface area contributed by atoms with Gasteiger partial charge in [0.1, 0.15) is 17.6 Å². The minimum absolute atomic E-state index is 0.139. The van der Waals surface area contributed by atoms with Crippen LogP contribution in [0.25, 0.3) is 0 Å². The molecule has 2 aromatic rings. The Morgan fingerprint density at radius 3 is 2.47 bits per heavy atom. The summed E-state index contributed by atoms with van der Waals surface area (Å²) in [6.45, 7) is 2.16. The normalized spacial score (nSPS) is 16.8. The van der Waals surface area contributed by atoms with Crippen LogP contribution in [0.1, 0.15) is 54.2 Å². The van der Waals surface area contributed by atoms with E-state index in [0.717, 1.165) is 6.07 Å². The third-order valence-corrected chi connectivity index (χ3v) is 5.06. The monoisotopic (exact) mass is 424 g/mol. The lowest BCUT2D eigenvalue weighted by Gasteiger charge is -2.19. The lowest BCUT2D eigenvalue weighted by atomic mass is 10.0. The molecule has 0 heterocycles. The molecule has 2 atom stereocenters. The molecule has 5 nitrogen and oxygen atoms in total. The van der Waals surface area contributed by atoms with E-state index < -0.39 is 29.9 Å². The minimum Gasteiger partial charge on any atom is -0.497 e. The number of alkyl halides is 3. The van der Waals surface area contributed by atoms with Crippen molar-refractivity contribution >= 4 is 5.97 Å². The van der Waals surface area contributed by atoms with Gasteiger partial charge in [0.25, 0.3) is 0 Å². The first-order chi connectivity index (χ1) is 14.2. The second-order valence-corrected chi connectivity index (χ2v) is 7.00. The first-order valence-corrected chi connectivity index (χ1v) is 9.61. The Morgan fingerprint density at radius 1 is 1.20 bits per heavy atom. The van der Waals surface area contributed by atoms with Crippen molar-refractivity contribution in [3.63, 3.8) is 0 Å². The molecular formula is C22H23F3O5. The number of hydrogen-bond acceptors (Lipinski definition) is 4. The van der Waals surface area contributed by atoms with Crippen molar-refractivity contribution < 1.29 is 37.3 Å². The van der Waals surface area contributed by atoms with Gasteiger partial charge in [-0.1, -0.05) is 12.1 Å². The van der Waals surface area contributed by atoms with Crippen LogP contribution < -0.4 is 9.47 Å². The lowest BCUT2D eigenvalue weighted by Crippen LogP contribution is -2.11. The molecule has 0 saturated heterocycles. The maximum Gasteiger partial charge on any atom is 0.416 e. The fourth-order valence-corrected chi connectivity index (χ4v) is 3.72. The van der Waals surface area contributed by atoms with E-state index in [1.54, 1.807) is 37.3 Å². The average molecular weight is 424 g/mol. The van der Waals surface area contributed by atoms with E-state index in [2.05, 4.69) is 0 Å². The molecule has 162 valence electrons. The molecule has 0 radical (unpaired) electrons. The Labute approximate surface area is 172 Å². The summed E-state index contributed by atoms with van der Waals surface area (Å²) in [5, 5.41) is 9.04. The van der Waals surface area contributed by atoms with E-state index in [9.17, 15) is 18.0 Å². The number of rotatable bonds is 8. The molecule has 2 aromatic carbocycles. The number of hydrogen-bond donors (Lipinski definition) is 1. The molecule has 0 aromatic heterocycles. The standard InChI is InChI=1S/C22H23F3O5/c1-3-29-20(12-21(26)27)13-4-6-14(7-5-13)30-19-9-8-16-17(19)10-15(28-2)11-18(16)22(23,24)25/h4-7,10-11,19-20H,3,8-9,12H2,1-2H3,(H,26,27)/t19-,20+/m1/s1. The quantitative estimate of drug-likeness (QED) is 0.620. The molecule has 3 rings (SSSR count). The van der Waals surface area contributed by atoms with Crippen molar-refractivity contribution in [1.82, 2.24) is 0 Å². The van der Waals surface area contributed by atoms with Crippen molar-refractivity contribution in [2.75, 3.05) is 13.7 Å². The predicted octanol–water partition coefficient (Wildman–Crippen LogP) is 5.33. The highest BCUT2D eigenvalue weighted by molar-refractivity contribution is 5.67. The smallest absolute Gasteiger partial charge is 0.416 e. The molecule has 8 heteroatoms. The summed E-state index contributed by atoms with van der Waals surface area (Å²) in [6.07, 6.45) is -5.04. The summed E-state index contributed by atoms with van der Waals surface area (Å²) in [7, 11) is 1.33. The van der Waals surface area contributed by atoms with Gasteiger partial charge in [-0.2, -0.15) is 13.2 Å². The van der Waals surface area contributed by atoms with Crippen molar-refractivity contribution in [3.05, 3.63) is 58.7 Å². The van der Waals surface area contributed by atoms with E-state index >= 15 is 0 Å². The van der Waals surface area contributed by atoms with Gasteiger partial charge in [-0.3, -0.25) is 4.79 Å². The molecule has 1 N–H and O–H groups in total. The Balaban J connectivity index is 1.82. The van der Waals surface area contributed by atoms with Crippen molar-refractivity contribution in [1.29, 1.82) is 0 Å². The first-order valence-electron chi connectivity index (χ1n) is 9.61. The molecule has 1 aliphatic carbocycles. The average Bonchev–Trinajstić information content (AvgIpc) is 3.09. The minimum atomic E-state index is -4.46. The topological polar surface area (TPSA) is 65.0 Å². The van der Waals surface area contributed by atoms with Crippen LogP contribution in [0.4, 0.5) is 13.2 Å². The molecule has 1 aliphatic rings. The van der Waals surface area contributed by atoms with Crippen LogP contribution >= 0.6 is 0 Å². The fourth-order valence-electron chi connectivity index (χ4n) is 3.72. The number of ether oxygens (including phenoxy) is 3. The third kappa shape index (κ3) is 4.87. The fraction of sp³-hybridized carbons (Fsp3) is 0.409. The molecule has 0 aliphatic heterocycles. The van der Waals surface area contributed by atoms with Crippen LogP contribution in [0.5, 0.6) is 11.5 Å². The predicted molar refractivity (Wildman–Crippen MR) is 103 cm³/mol. The number of aliphatic carboxylic acids is 1. The van der Waals surface area contributed by atoms with Gasteiger partial charge in [-0.25, -0.2) is 0 Å². The molecule has 0 saturated carbocycles. The molecule has 0 amide bonds. The zero-order valence-corrected chi connectivity index (χ0v) is 16.7. The van der Waals surface area contributed by atoms with Gasteiger partial charge in [0.15, 0.2) is 0 Å². The number of halogens is 3. The summed E-state index contributed by atoms with van der Waals surface area (Å²) in [5.74, 6) is -0.343. The summed E-state index contributed by atoms with van der Waals surface area (Å²) in [6, 6.07) is 9.38. The Kier molecular flexibility index (Phi) is 6.55. The van der Waals surface area contributed by atoms with E-state index in [1.807, 2.05) is 0 Å². The van der Waals surface area contributed by atoms with Gasteiger partial charge in [-0.05, 0) is 60.7 Å². The Hall–Kier alpha value is -2.74. The van der Waals surface area contributed by atoms with Gasteiger partial charge in [0.05, 0.1) is 25.2 Å². The SMILES string of the molecule is CCO[C@@H](CC(=O)O)c1ccc(O[C@@H]2CCc3c2cc(OC)cc3C(F)(F)F)cc1. The number of carboxylic acid groups (broad SMARTS) is 1. The molecule has 0 bridgehead atoms. The summed E-state index contributed by atoms with van der Waals surface area (Å²) >= 11 is 0. The highest BCUT2D eigenvalue weighted by Gasteiger charge is 2.39. The van der Waals surface area contributed by atoms with E-state index in [1.165, 1.54) is 7.11 Å². The van der Waals surface area contributed by atoms with Gasteiger partial charge < -0.3 is 19.3 Å². The number of fused-ring (bicyclic) bond motifs is 1. The number of benzene rings is 2. The maximum absolute atomic E-state index is 13.4. The van der Waals surface area contributed by atoms with Gasteiger partial charge in [0, 0.05) is 6.61 Å². The van der Waals surface area contributed by atoms with Crippen LogP contribution in [0.3, 0.4) is 0 Å². The van der Waals surface area contributed by atoms with E-state index in [-0.39, 0.29) is 24.2 Å². The van der Waals surface area contributed by atoms with Crippen molar-refractivity contribution in [2.24, 2.45) is 0 Å². The largest absolute Gasteiger partial charge is 0.497 e. The highest BCUT2D eigenvalue weighted by atomic mass is 19.4. The zero-order valence-electron chi connectivity index (χ0n) is 16.7. The van der Waals surface area contributed by atoms with Gasteiger partial charge in [0.2, 0.25) is 0 Å². The van der Waals surface area contributed by atoms with Gasteiger partial charge in [-0.15, -0.1) is 0 Å². The third-order valence-electron chi connectivity index (χ3n) is 5.06. The highest BCUT2D eigenvalue weighted by Crippen LogP contribution is 2.44. The molecule has 0 fully saturated rings. The summed E-state index contributed by atoms with van der Waals surface area (Å²) < 4.78 is 56.8. The van der Waals surface area contributed by atoms with Crippen LogP contribution in [-0.2, 0) is 22.1 Å². The van der Waals surface area contributed by atoms with Crippen LogP contribution in [0, 0.1) is 0 Å². The van der Waals surface area contributed by atoms with Crippen LogP contribution in [0.15, 0.2) is 36.4 Å². The Bertz CT molecular complexity index is 893. The van der Waals surface area contributed by atoms with Crippen LogP contribution in [0.2, 0.25) is 0 Å². The Morgan fingerprint density at radius 2 is 1.90 bits per heavy atom. The maximum atomic E-state index is 13.4. The molecule has 0 spiro atoms. The second-order valence-electron chi connectivity index (χ2n) is 7.00. The summed E-state index contributed by atoms with van der Waals surface area (Å²) in [4.78, 5) is 11.0. The van der Waals surface area contributed by atoms with Gasteiger partial charge >= 0.3 is 12.1 Å². The second kappa shape index (κ2) is 8.95. The van der Waals surface area contributed by atoms with Crippen LogP contribution in [-0.4, -0.2) is 24.8 Å². The molecule has 0 unspecified atom stereocenters. The molecular weight excluding hydrogens is 401 g/mol. The molecule has 30 heavy (non-hydrogen) atoms. The lowest BCUT2D eigenvalue weighted by molar-refractivity contribution is -0.140.